The number of alkyl halides is 3. The molecule has 0 amide bonds. The minimum atomic E-state index is -4.27. The molecule has 33 heavy (non-hydrogen) atoms. The van der Waals surface area contributed by atoms with Crippen molar-refractivity contribution in [1.29, 1.82) is 0 Å². The van der Waals surface area contributed by atoms with Gasteiger partial charge in [0.05, 0.1) is 0 Å². The van der Waals surface area contributed by atoms with E-state index in [4.69, 9.17) is 4.74 Å². The molecule has 0 bridgehead atoms. The average Bonchev–Trinajstić information content (AvgIpc) is 2.79. The van der Waals surface area contributed by atoms with Crippen LogP contribution in [0.5, 0.6) is 5.75 Å². The maximum Gasteiger partial charge on any atom is 0.446 e. The largest absolute Gasteiger partial charge is 0.489 e. The van der Waals surface area contributed by atoms with Gasteiger partial charge < -0.3 is 4.74 Å². The monoisotopic (exact) mass is 479 g/mol. The van der Waals surface area contributed by atoms with Gasteiger partial charge in [0.25, 0.3) is 0 Å². The molecular weight excluding hydrogens is 443 g/mol. The summed E-state index contributed by atoms with van der Waals surface area (Å²) in [6.45, 7) is 3.42. The van der Waals surface area contributed by atoms with Crippen molar-refractivity contribution in [3.8, 4) is 5.75 Å². The quantitative estimate of drug-likeness (QED) is 0.136. The summed E-state index contributed by atoms with van der Waals surface area (Å²) in [5.74, 6) is 0.718. The Morgan fingerprint density at radius 1 is 0.788 bits per heavy atom. The molecular formula is C27H36F3NOS. The summed E-state index contributed by atoms with van der Waals surface area (Å²) < 4.78 is 42.9. The molecule has 2 aromatic rings. The van der Waals surface area contributed by atoms with Crippen molar-refractivity contribution >= 4 is 18.0 Å². The summed E-state index contributed by atoms with van der Waals surface area (Å²) in [7, 11) is 0. The van der Waals surface area contributed by atoms with Crippen LogP contribution < -0.4 is 4.74 Å². The Morgan fingerprint density at radius 3 is 1.94 bits per heavy atom. The zero-order chi connectivity index (χ0) is 23.8. The molecule has 0 unspecified atom stereocenters. The topological polar surface area (TPSA) is 21.6 Å². The van der Waals surface area contributed by atoms with Crippen LogP contribution in [0.1, 0.15) is 82.3 Å². The molecule has 182 valence electrons. The van der Waals surface area contributed by atoms with Crippen LogP contribution in [-0.2, 0) is 6.61 Å². The molecule has 0 spiro atoms. The molecule has 0 atom stereocenters. The van der Waals surface area contributed by atoms with E-state index in [9.17, 15) is 13.2 Å². The molecule has 0 aliphatic heterocycles. The van der Waals surface area contributed by atoms with Gasteiger partial charge >= 0.3 is 5.51 Å². The Labute approximate surface area is 201 Å². The second-order valence-corrected chi connectivity index (χ2v) is 9.41. The molecule has 0 saturated carbocycles. The van der Waals surface area contributed by atoms with E-state index >= 15 is 0 Å². The predicted molar refractivity (Wildman–Crippen MR) is 133 cm³/mol. The average molecular weight is 480 g/mol. The molecule has 0 radical (unpaired) electrons. The first-order chi connectivity index (χ1) is 16.0. The van der Waals surface area contributed by atoms with Gasteiger partial charge in [-0.15, -0.1) is 0 Å². The highest BCUT2D eigenvalue weighted by Gasteiger charge is 2.28. The number of hydrogen-bond donors (Lipinski definition) is 0. The molecule has 0 N–H and O–H groups in total. The zero-order valence-corrected chi connectivity index (χ0v) is 20.4. The van der Waals surface area contributed by atoms with Crippen LogP contribution in [0.25, 0.3) is 0 Å². The summed E-state index contributed by atoms with van der Waals surface area (Å²) in [4.78, 5) is 4.69. The first-order valence-electron chi connectivity index (χ1n) is 12.0. The molecule has 0 fully saturated rings. The number of halogens is 3. The van der Waals surface area contributed by atoms with Crippen molar-refractivity contribution in [3.63, 3.8) is 0 Å². The number of rotatable bonds is 16. The van der Waals surface area contributed by atoms with Gasteiger partial charge in [0.15, 0.2) is 0 Å². The molecule has 0 heterocycles. The van der Waals surface area contributed by atoms with Gasteiger partial charge in [-0.25, -0.2) is 0 Å². The fourth-order valence-electron chi connectivity index (χ4n) is 3.46. The number of unbranched alkanes of at least 4 members (excludes halogenated alkanes) is 9. The summed E-state index contributed by atoms with van der Waals surface area (Å²) in [6, 6.07) is 13.9. The van der Waals surface area contributed by atoms with E-state index in [0.717, 1.165) is 29.8 Å². The van der Waals surface area contributed by atoms with Crippen molar-refractivity contribution in [2.45, 2.75) is 88.1 Å². The first-order valence-corrected chi connectivity index (χ1v) is 12.9. The molecule has 2 rings (SSSR count). The lowest BCUT2D eigenvalue weighted by Gasteiger charge is -2.08. The summed E-state index contributed by atoms with van der Waals surface area (Å²) in [6.07, 6.45) is 15.1. The van der Waals surface area contributed by atoms with E-state index in [1.54, 1.807) is 12.1 Å². The van der Waals surface area contributed by atoms with Gasteiger partial charge in [-0.1, -0.05) is 76.8 Å². The van der Waals surface area contributed by atoms with Crippen LogP contribution >= 0.6 is 11.8 Å². The van der Waals surface area contributed by atoms with E-state index in [2.05, 4.69) is 11.9 Å². The smallest absolute Gasteiger partial charge is 0.446 e. The van der Waals surface area contributed by atoms with Crippen molar-refractivity contribution in [2.75, 3.05) is 6.54 Å². The Bertz CT molecular complexity index is 789. The van der Waals surface area contributed by atoms with Crippen LogP contribution in [0.2, 0.25) is 0 Å². The highest BCUT2D eigenvalue weighted by atomic mass is 32.2. The number of benzene rings is 2. The van der Waals surface area contributed by atoms with Crippen LogP contribution in [0.4, 0.5) is 13.2 Å². The Balaban J connectivity index is 1.57. The Kier molecular flexibility index (Phi) is 13.1. The van der Waals surface area contributed by atoms with Gasteiger partial charge in [-0.05, 0) is 65.7 Å². The molecule has 0 saturated heterocycles. The lowest BCUT2D eigenvalue weighted by atomic mass is 10.1. The van der Waals surface area contributed by atoms with E-state index < -0.39 is 5.51 Å². The van der Waals surface area contributed by atoms with Crippen LogP contribution in [0.15, 0.2) is 58.4 Å². The first kappa shape index (κ1) is 27.3. The summed E-state index contributed by atoms with van der Waals surface area (Å²) in [5.41, 5.74) is -2.41. The van der Waals surface area contributed by atoms with Gasteiger partial charge in [0.1, 0.15) is 12.4 Å². The third kappa shape index (κ3) is 13.4. The van der Waals surface area contributed by atoms with Crippen molar-refractivity contribution in [1.82, 2.24) is 0 Å². The number of ether oxygens (including phenoxy) is 1. The minimum absolute atomic E-state index is 0.111. The number of thioether (sulfide) groups is 1. The van der Waals surface area contributed by atoms with E-state index in [0.29, 0.717) is 6.61 Å². The third-order valence-electron chi connectivity index (χ3n) is 5.32. The third-order valence-corrected chi connectivity index (χ3v) is 6.06. The van der Waals surface area contributed by atoms with Gasteiger partial charge in [0, 0.05) is 17.7 Å². The maximum atomic E-state index is 12.4. The molecule has 2 aromatic carbocycles. The van der Waals surface area contributed by atoms with Crippen LogP contribution in [0, 0.1) is 0 Å². The summed E-state index contributed by atoms with van der Waals surface area (Å²) in [5, 5.41) is 0. The molecule has 6 heteroatoms. The van der Waals surface area contributed by atoms with Crippen molar-refractivity contribution in [3.05, 3.63) is 59.7 Å². The highest BCUT2D eigenvalue weighted by Crippen LogP contribution is 2.36. The van der Waals surface area contributed by atoms with Crippen molar-refractivity contribution in [2.24, 2.45) is 4.99 Å². The standard InChI is InChI=1S/C27H36F3NOS/c1-2-3-4-5-6-7-8-9-10-11-20-31-21-23-12-16-25(17-13-23)32-22-24-14-18-26(19-15-24)33-27(28,29)30/h12-19,21H,2-11,20,22H2,1H3/b31-21+. The fourth-order valence-corrected chi connectivity index (χ4v) is 4.00. The minimum Gasteiger partial charge on any atom is -0.489 e. The number of nitrogens with zero attached hydrogens (tertiary/aromatic N) is 1. The van der Waals surface area contributed by atoms with Gasteiger partial charge in [-0.2, -0.15) is 13.2 Å². The second kappa shape index (κ2) is 15.8. The van der Waals surface area contributed by atoms with Gasteiger partial charge in [0.2, 0.25) is 0 Å². The number of aliphatic imine (C=N–C) groups is 1. The fraction of sp³-hybridized carbons (Fsp3) is 0.519. The maximum absolute atomic E-state index is 12.4. The zero-order valence-electron chi connectivity index (χ0n) is 19.6. The molecule has 0 aliphatic rings. The van der Waals surface area contributed by atoms with E-state index in [-0.39, 0.29) is 16.7 Å². The Morgan fingerprint density at radius 2 is 1.36 bits per heavy atom. The SMILES string of the molecule is CCCCCCCCCCCC/N=C/c1ccc(OCc2ccc(SC(F)(F)F)cc2)cc1. The highest BCUT2D eigenvalue weighted by molar-refractivity contribution is 8.00. The molecule has 0 aliphatic carbocycles. The van der Waals surface area contributed by atoms with E-state index in [1.165, 1.54) is 69.9 Å². The lowest BCUT2D eigenvalue weighted by Crippen LogP contribution is -1.99. The second-order valence-electron chi connectivity index (χ2n) is 8.27. The van der Waals surface area contributed by atoms with Crippen molar-refractivity contribution < 1.29 is 17.9 Å². The number of hydrogen-bond acceptors (Lipinski definition) is 3. The summed E-state index contributed by atoms with van der Waals surface area (Å²) >= 11 is -0.111. The Hall–Kier alpha value is -1.95. The molecule has 0 aromatic heterocycles. The molecule has 2 nitrogen and oxygen atoms in total. The lowest BCUT2D eigenvalue weighted by molar-refractivity contribution is -0.0328. The normalized spacial score (nSPS) is 11.9. The van der Waals surface area contributed by atoms with E-state index in [1.807, 2.05) is 30.5 Å². The van der Waals surface area contributed by atoms with Crippen LogP contribution in [0.3, 0.4) is 0 Å². The van der Waals surface area contributed by atoms with Gasteiger partial charge in [-0.3, -0.25) is 4.99 Å². The van der Waals surface area contributed by atoms with Crippen LogP contribution in [-0.4, -0.2) is 18.3 Å². The predicted octanol–water partition coefficient (Wildman–Crippen LogP) is 9.22.